The van der Waals surface area contributed by atoms with Crippen molar-refractivity contribution >= 4 is 17.0 Å². The highest BCUT2D eigenvalue weighted by atomic mass is 32.1. The summed E-state index contributed by atoms with van der Waals surface area (Å²) >= 11 is 1.58. The van der Waals surface area contributed by atoms with E-state index in [2.05, 4.69) is 11.9 Å². The van der Waals surface area contributed by atoms with Gasteiger partial charge in [0.2, 0.25) is 0 Å². The van der Waals surface area contributed by atoms with E-state index >= 15 is 0 Å². The molecule has 1 heterocycles. The normalized spacial score (nSPS) is 10.3. The second-order valence-corrected chi connectivity index (χ2v) is 4.45. The van der Waals surface area contributed by atoms with Gasteiger partial charge in [-0.15, -0.1) is 11.3 Å². The van der Waals surface area contributed by atoms with Crippen molar-refractivity contribution in [2.75, 3.05) is 5.73 Å². The molecule has 3 nitrogen and oxygen atoms in total. The molecule has 0 aliphatic rings. The van der Waals surface area contributed by atoms with Crippen LogP contribution in [0.3, 0.4) is 0 Å². The molecule has 0 unspecified atom stereocenters. The molecule has 0 atom stereocenters. The quantitative estimate of drug-likeness (QED) is 0.827. The molecule has 0 saturated heterocycles. The van der Waals surface area contributed by atoms with Crippen molar-refractivity contribution in [3.05, 3.63) is 40.3 Å². The molecule has 84 valence electrons. The first-order valence-corrected chi connectivity index (χ1v) is 6.06. The molecule has 2 aromatic rings. The lowest BCUT2D eigenvalue weighted by atomic mass is 10.1. The molecule has 0 aliphatic heterocycles. The second kappa shape index (κ2) is 4.99. The Bertz CT molecular complexity index is 454. The van der Waals surface area contributed by atoms with E-state index in [-0.39, 0.29) is 0 Å². The summed E-state index contributed by atoms with van der Waals surface area (Å²) in [5.74, 6) is 0.757. The first-order chi connectivity index (χ1) is 7.79. The summed E-state index contributed by atoms with van der Waals surface area (Å²) in [5, 5.41) is 0. The molecular weight excluding hydrogens is 220 g/mol. The smallest absolute Gasteiger partial charge is 0.143 e. The monoisotopic (exact) mass is 234 g/mol. The first kappa shape index (κ1) is 11.0. The Kier molecular flexibility index (Phi) is 3.41. The predicted molar refractivity (Wildman–Crippen MR) is 66.7 cm³/mol. The number of anilines is 1. The third kappa shape index (κ3) is 2.52. The van der Waals surface area contributed by atoms with Crippen LogP contribution in [-0.4, -0.2) is 4.98 Å². The largest absolute Gasteiger partial charge is 0.486 e. The maximum atomic E-state index is 5.85. The minimum atomic E-state index is 0.530. The molecule has 0 aliphatic carbocycles. The second-order valence-electron chi connectivity index (χ2n) is 3.48. The molecule has 2 rings (SSSR count). The van der Waals surface area contributed by atoms with E-state index in [1.165, 1.54) is 5.56 Å². The van der Waals surface area contributed by atoms with E-state index < -0.39 is 0 Å². The molecule has 1 aromatic carbocycles. The van der Waals surface area contributed by atoms with Crippen molar-refractivity contribution in [3.63, 3.8) is 0 Å². The standard InChI is InChI=1S/C12H14N2OS/c1-2-9-3-4-11(13)12(5-9)15-7-10-6-14-8-16-10/h3-6,8H,2,7,13H2,1H3. The Morgan fingerprint density at radius 1 is 1.44 bits per heavy atom. The van der Waals surface area contributed by atoms with Gasteiger partial charge in [-0.25, -0.2) is 0 Å². The van der Waals surface area contributed by atoms with Gasteiger partial charge in [-0.05, 0) is 24.1 Å². The van der Waals surface area contributed by atoms with Crippen molar-refractivity contribution in [2.24, 2.45) is 0 Å². The maximum Gasteiger partial charge on any atom is 0.143 e. The van der Waals surface area contributed by atoms with Crippen LogP contribution in [0.1, 0.15) is 17.4 Å². The molecule has 0 saturated carbocycles. The van der Waals surface area contributed by atoms with Gasteiger partial charge < -0.3 is 10.5 Å². The average Bonchev–Trinajstić information content (AvgIpc) is 2.81. The zero-order valence-corrected chi connectivity index (χ0v) is 9.96. The molecule has 0 radical (unpaired) electrons. The number of nitrogen functional groups attached to an aromatic ring is 1. The zero-order chi connectivity index (χ0) is 11.4. The summed E-state index contributed by atoms with van der Waals surface area (Å²) in [7, 11) is 0. The van der Waals surface area contributed by atoms with Crippen LogP contribution < -0.4 is 10.5 Å². The number of ether oxygens (including phenoxy) is 1. The number of thiazole rings is 1. The number of hydrogen-bond acceptors (Lipinski definition) is 4. The number of aryl methyl sites for hydroxylation is 1. The molecule has 0 bridgehead atoms. The van der Waals surface area contributed by atoms with Crippen LogP contribution >= 0.6 is 11.3 Å². The fourth-order valence-corrected chi connectivity index (χ4v) is 1.89. The topological polar surface area (TPSA) is 48.1 Å². The first-order valence-electron chi connectivity index (χ1n) is 5.18. The Morgan fingerprint density at radius 2 is 2.31 bits per heavy atom. The van der Waals surface area contributed by atoms with Crippen molar-refractivity contribution in [3.8, 4) is 5.75 Å². The molecule has 2 N–H and O–H groups in total. The molecule has 1 aromatic heterocycles. The number of nitrogens with zero attached hydrogens (tertiary/aromatic N) is 1. The Hall–Kier alpha value is -1.55. The van der Waals surface area contributed by atoms with Crippen molar-refractivity contribution in [2.45, 2.75) is 20.0 Å². The molecule has 0 spiro atoms. The lowest BCUT2D eigenvalue weighted by Crippen LogP contribution is -1.98. The highest BCUT2D eigenvalue weighted by molar-refractivity contribution is 7.09. The van der Waals surface area contributed by atoms with Crippen LogP contribution in [0.4, 0.5) is 5.69 Å². The van der Waals surface area contributed by atoms with Crippen molar-refractivity contribution in [1.82, 2.24) is 4.98 Å². The number of rotatable bonds is 4. The maximum absolute atomic E-state index is 5.85. The molecular formula is C12H14N2OS. The third-order valence-corrected chi connectivity index (χ3v) is 3.09. The van der Waals surface area contributed by atoms with Gasteiger partial charge in [-0.3, -0.25) is 4.98 Å². The molecule has 0 amide bonds. The summed E-state index contributed by atoms with van der Waals surface area (Å²) in [6.45, 7) is 2.64. The Balaban J connectivity index is 2.08. The summed E-state index contributed by atoms with van der Waals surface area (Å²) in [6.07, 6.45) is 2.79. The van der Waals surface area contributed by atoms with Gasteiger partial charge in [0.05, 0.1) is 16.1 Å². The summed E-state index contributed by atoms with van der Waals surface area (Å²) in [4.78, 5) is 5.10. The van der Waals surface area contributed by atoms with Crippen LogP contribution in [-0.2, 0) is 13.0 Å². The van der Waals surface area contributed by atoms with Gasteiger partial charge in [0.1, 0.15) is 12.4 Å². The van der Waals surface area contributed by atoms with E-state index in [4.69, 9.17) is 10.5 Å². The third-order valence-electron chi connectivity index (χ3n) is 2.34. The molecule has 16 heavy (non-hydrogen) atoms. The zero-order valence-electron chi connectivity index (χ0n) is 9.14. The lowest BCUT2D eigenvalue weighted by Gasteiger charge is -2.09. The van der Waals surface area contributed by atoms with Gasteiger partial charge >= 0.3 is 0 Å². The summed E-state index contributed by atoms with van der Waals surface area (Å²) in [5.41, 5.74) is 9.55. The number of aromatic nitrogens is 1. The van der Waals surface area contributed by atoms with E-state index in [0.717, 1.165) is 17.0 Å². The minimum Gasteiger partial charge on any atom is -0.486 e. The number of benzene rings is 1. The predicted octanol–water partition coefficient (Wildman–Crippen LogP) is 2.87. The van der Waals surface area contributed by atoms with Crippen LogP contribution in [0.2, 0.25) is 0 Å². The number of nitrogens with two attached hydrogens (primary N) is 1. The van der Waals surface area contributed by atoms with Crippen LogP contribution in [0.5, 0.6) is 5.75 Å². The van der Waals surface area contributed by atoms with Crippen LogP contribution in [0.25, 0.3) is 0 Å². The van der Waals surface area contributed by atoms with Crippen molar-refractivity contribution < 1.29 is 4.74 Å². The van der Waals surface area contributed by atoms with Gasteiger partial charge in [0.15, 0.2) is 0 Å². The fourth-order valence-electron chi connectivity index (χ4n) is 1.39. The Labute approximate surface area is 98.9 Å². The van der Waals surface area contributed by atoms with Gasteiger partial charge in [0, 0.05) is 6.20 Å². The highest BCUT2D eigenvalue weighted by Gasteiger charge is 2.03. The van der Waals surface area contributed by atoms with E-state index in [1.54, 1.807) is 16.8 Å². The van der Waals surface area contributed by atoms with E-state index in [9.17, 15) is 0 Å². The average molecular weight is 234 g/mol. The van der Waals surface area contributed by atoms with Crippen LogP contribution in [0, 0.1) is 0 Å². The van der Waals surface area contributed by atoms with E-state index in [0.29, 0.717) is 12.3 Å². The molecule has 0 fully saturated rings. The minimum absolute atomic E-state index is 0.530. The SMILES string of the molecule is CCc1ccc(N)c(OCc2cncs2)c1. The summed E-state index contributed by atoms with van der Waals surface area (Å²) < 4.78 is 5.67. The van der Waals surface area contributed by atoms with Gasteiger partial charge in [-0.2, -0.15) is 0 Å². The lowest BCUT2D eigenvalue weighted by molar-refractivity contribution is 0.311. The Morgan fingerprint density at radius 3 is 3.00 bits per heavy atom. The van der Waals surface area contributed by atoms with Gasteiger partial charge in [-0.1, -0.05) is 13.0 Å². The fraction of sp³-hybridized carbons (Fsp3) is 0.250. The van der Waals surface area contributed by atoms with E-state index in [1.807, 2.05) is 24.4 Å². The van der Waals surface area contributed by atoms with Crippen LogP contribution in [0.15, 0.2) is 29.9 Å². The van der Waals surface area contributed by atoms with Crippen molar-refractivity contribution in [1.29, 1.82) is 0 Å². The number of hydrogen-bond donors (Lipinski definition) is 1. The highest BCUT2D eigenvalue weighted by Crippen LogP contribution is 2.24. The van der Waals surface area contributed by atoms with Gasteiger partial charge in [0.25, 0.3) is 0 Å². The molecule has 4 heteroatoms. The summed E-state index contributed by atoms with van der Waals surface area (Å²) in [6, 6.07) is 5.91.